The predicted molar refractivity (Wildman–Crippen MR) is 49.0 cm³/mol. The predicted octanol–water partition coefficient (Wildman–Crippen LogP) is 0.854. The molecule has 1 saturated carbocycles. The summed E-state index contributed by atoms with van der Waals surface area (Å²) in [5, 5.41) is 12.2. The van der Waals surface area contributed by atoms with Gasteiger partial charge in [-0.2, -0.15) is 13.2 Å². The Hall–Kier alpha value is -0.0400. The number of halogens is 4. The van der Waals surface area contributed by atoms with E-state index in [9.17, 15) is 18.3 Å². The average Bonchev–Trinajstić information content (AvgIpc) is 2.01. The fourth-order valence-electron chi connectivity index (χ4n) is 2.20. The lowest BCUT2D eigenvalue weighted by molar-refractivity contribution is -0.311. The van der Waals surface area contributed by atoms with Gasteiger partial charge in [-0.3, -0.25) is 0 Å². The van der Waals surface area contributed by atoms with E-state index in [4.69, 9.17) is 4.74 Å². The van der Waals surface area contributed by atoms with Crippen LogP contribution in [0.1, 0.15) is 12.8 Å². The largest absolute Gasteiger partial charge is 0.417 e. The van der Waals surface area contributed by atoms with Crippen LogP contribution in [0.3, 0.4) is 0 Å². The average molecular weight is 248 g/mol. The highest BCUT2D eigenvalue weighted by molar-refractivity contribution is 5.85. The van der Waals surface area contributed by atoms with Crippen molar-refractivity contribution in [3.8, 4) is 0 Å². The number of morpholine rings is 1. The minimum Gasteiger partial charge on any atom is -0.380 e. The van der Waals surface area contributed by atoms with Gasteiger partial charge < -0.3 is 15.2 Å². The number of hydrogen-bond donors (Lipinski definition) is 2. The normalized spacial score (nSPS) is 40.8. The van der Waals surface area contributed by atoms with Gasteiger partial charge in [0.2, 0.25) is 0 Å². The van der Waals surface area contributed by atoms with E-state index in [1.807, 2.05) is 0 Å². The molecule has 0 amide bonds. The molecule has 0 unspecified atom stereocenters. The summed E-state index contributed by atoms with van der Waals surface area (Å²) in [6, 6.07) is 0. The maximum absolute atomic E-state index is 12.3. The second kappa shape index (κ2) is 3.76. The smallest absolute Gasteiger partial charge is 0.380 e. The third-order valence-electron chi connectivity index (χ3n) is 2.91. The minimum absolute atomic E-state index is 0. The van der Waals surface area contributed by atoms with E-state index >= 15 is 0 Å². The molecule has 0 bridgehead atoms. The fraction of sp³-hybridized carbons (Fsp3) is 1.00. The molecular weight excluding hydrogens is 235 g/mol. The van der Waals surface area contributed by atoms with Crippen LogP contribution < -0.4 is 5.32 Å². The van der Waals surface area contributed by atoms with E-state index in [2.05, 4.69) is 5.32 Å². The van der Waals surface area contributed by atoms with Gasteiger partial charge in [0.15, 0.2) is 5.60 Å². The first-order valence-electron chi connectivity index (χ1n) is 4.49. The summed E-state index contributed by atoms with van der Waals surface area (Å²) in [5.74, 6) is 0. The van der Waals surface area contributed by atoms with Gasteiger partial charge in [-0.05, 0) is 0 Å². The van der Waals surface area contributed by atoms with Crippen molar-refractivity contribution in [1.82, 2.24) is 5.32 Å². The number of aliphatic hydroxyl groups is 1. The summed E-state index contributed by atoms with van der Waals surface area (Å²) in [4.78, 5) is 0. The molecule has 0 aromatic rings. The Balaban J connectivity index is 0.00000112. The molecule has 0 atom stereocenters. The fourth-order valence-corrected chi connectivity index (χ4v) is 2.20. The maximum Gasteiger partial charge on any atom is 0.417 e. The maximum atomic E-state index is 12.3. The van der Waals surface area contributed by atoms with Crippen LogP contribution >= 0.6 is 12.4 Å². The molecule has 1 saturated heterocycles. The molecule has 1 aliphatic heterocycles. The summed E-state index contributed by atoms with van der Waals surface area (Å²) in [6.45, 7) is 1.32. The Labute approximate surface area is 91.4 Å². The summed E-state index contributed by atoms with van der Waals surface area (Å²) in [7, 11) is 0. The third kappa shape index (κ3) is 2.08. The molecule has 0 aromatic heterocycles. The lowest BCUT2D eigenvalue weighted by atomic mass is 9.64. The third-order valence-corrected chi connectivity index (χ3v) is 2.91. The van der Waals surface area contributed by atoms with Gasteiger partial charge in [-0.1, -0.05) is 0 Å². The number of nitrogens with one attached hydrogen (secondary N) is 1. The van der Waals surface area contributed by atoms with Crippen LogP contribution in [-0.4, -0.2) is 42.2 Å². The first kappa shape index (κ1) is 13.0. The second-order valence-electron chi connectivity index (χ2n) is 4.14. The molecule has 2 N–H and O–H groups in total. The van der Waals surface area contributed by atoms with Crippen LogP contribution in [0.5, 0.6) is 0 Å². The number of ether oxygens (including phenoxy) is 1. The topological polar surface area (TPSA) is 41.5 Å². The van der Waals surface area contributed by atoms with Gasteiger partial charge in [0, 0.05) is 24.9 Å². The Morgan fingerprint density at radius 2 is 1.87 bits per heavy atom. The zero-order chi connectivity index (χ0) is 10.4. The molecule has 1 aliphatic carbocycles. The number of rotatable bonds is 0. The zero-order valence-corrected chi connectivity index (χ0v) is 8.75. The molecule has 0 radical (unpaired) electrons. The van der Waals surface area contributed by atoms with Gasteiger partial charge in [-0.15, -0.1) is 12.4 Å². The molecule has 1 spiro atoms. The van der Waals surface area contributed by atoms with E-state index in [1.54, 1.807) is 0 Å². The molecule has 90 valence electrons. The Morgan fingerprint density at radius 1 is 1.27 bits per heavy atom. The molecule has 3 nitrogen and oxygen atoms in total. The summed E-state index contributed by atoms with van der Waals surface area (Å²) in [6.07, 6.45) is -5.13. The van der Waals surface area contributed by atoms with Crippen molar-refractivity contribution < 1.29 is 23.0 Å². The summed E-state index contributed by atoms with van der Waals surface area (Å²) in [5.41, 5.74) is -3.16. The van der Waals surface area contributed by atoms with Crippen LogP contribution in [-0.2, 0) is 4.74 Å². The van der Waals surface area contributed by atoms with Crippen molar-refractivity contribution in [2.24, 2.45) is 0 Å². The van der Waals surface area contributed by atoms with Crippen molar-refractivity contribution >= 4 is 12.4 Å². The van der Waals surface area contributed by atoms with Gasteiger partial charge in [0.25, 0.3) is 0 Å². The van der Waals surface area contributed by atoms with Crippen LogP contribution in [0.2, 0.25) is 0 Å². The molecular formula is C8H13ClF3NO2. The highest BCUT2D eigenvalue weighted by Crippen LogP contribution is 2.51. The summed E-state index contributed by atoms with van der Waals surface area (Å²) >= 11 is 0. The Morgan fingerprint density at radius 3 is 2.27 bits per heavy atom. The lowest BCUT2D eigenvalue weighted by Gasteiger charge is -2.55. The Kier molecular flexibility index (Phi) is 3.27. The molecule has 2 fully saturated rings. The lowest BCUT2D eigenvalue weighted by Crippen LogP contribution is -2.72. The zero-order valence-electron chi connectivity index (χ0n) is 7.93. The van der Waals surface area contributed by atoms with Crippen LogP contribution in [0.15, 0.2) is 0 Å². The molecule has 2 aliphatic rings. The summed E-state index contributed by atoms with van der Waals surface area (Å²) < 4.78 is 42.0. The van der Waals surface area contributed by atoms with Gasteiger partial charge in [0.1, 0.15) is 0 Å². The molecule has 0 aromatic carbocycles. The van der Waals surface area contributed by atoms with Crippen molar-refractivity contribution in [2.75, 3.05) is 19.8 Å². The van der Waals surface area contributed by atoms with Gasteiger partial charge >= 0.3 is 6.18 Å². The molecule has 15 heavy (non-hydrogen) atoms. The van der Waals surface area contributed by atoms with Crippen molar-refractivity contribution in [3.63, 3.8) is 0 Å². The SMILES string of the molecule is Cl.OC1(C(F)(F)F)CC2(COCCN2)C1. The molecule has 2 rings (SSSR count). The van der Waals surface area contributed by atoms with Crippen LogP contribution in [0.4, 0.5) is 13.2 Å². The van der Waals surface area contributed by atoms with Crippen molar-refractivity contribution in [2.45, 2.75) is 30.2 Å². The first-order valence-corrected chi connectivity index (χ1v) is 4.49. The van der Waals surface area contributed by atoms with Gasteiger partial charge in [0.05, 0.1) is 13.2 Å². The Bertz CT molecular complexity index is 233. The molecule has 7 heteroatoms. The minimum atomic E-state index is -4.53. The second-order valence-corrected chi connectivity index (χ2v) is 4.14. The standard InChI is InChI=1S/C8H12F3NO2.ClH/c9-8(10,11)7(13)3-6(4-7)5-14-2-1-12-6;/h12-13H,1-5H2;1H. The quantitative estimate of drug-likeness (QED) is 0.667. The molecule has 1 heterocycles. The van der Waals surface area contributed by atoms with E-state index in [0.29, 0.717) is 13.2 Å². The monoisotopic (exact) mass is 247 g/mol. The first-order chi connectivity index (χ1) is 6.37. The highest BCUT2D eigenvalue weighted by atomic mass is 35.5. The van der Waals surface area contributed by atoms with Crippen LogP contribution in [0.25, 0.3) is 0 Å². The van der Waals surface area contributed by atoms with Crippen molar-refractivity contribution in [3.05, 3.63) is 0 Å². The van der Waals surface area contributed by atoms with E-state index < -0.39 is 17.3 Å². The van der Waals surface area contributed by atoms with E-state index in [-0.39, 0.29) is 31.9 Å². The van der Waals surface area contributed by atoms with E-state index in [0.717, 1.165) is 0 Å². The van der Waals surface area contributed by atoms with Gasteiger partial charge in [-0.25, -0.2) is 0 Å². The number of hydrogen-bond acceptors (Lipinski definition) is 3. The van der Waals surface area contributed by atoms with Crippen LogP contribution in [0, 0.1) is 0 Å². The highest BCUT2D eigenvalue weighted by Gasteiger charge is 2.67. The number of alkyl halides is 3. The van der Waals surface area contributed by atoms with E-state index in [1.165, 1.54) is 0 Å². The van der Waals surface area contributed by atoms with Crippen molar-refractivity contribution in [1.29, 1.82) is 0 Å².